The van der Waals surface area contributed by atoms with Crippen molar-refractivity contribution in [2.45, 2.75) is 32.2 Å². The third kappa shape index (κ3) is 3.82. The highest BCUT2D eigenvalue weighted by atomic mass is 19.4. The van der Waals surface area contributed by atoms with Crippen molar-refractivity contribution in [3.05, 3.63) is 47.3 Å². The number of nitrogens with zero attached hydrogens (tertiary/aromatic N) is 4. The standard InChI is InChI=1S/C20H21F3N6O/c1-10(12-3-13(20(21,22)23)5-14(24)4-12)26-19-17-6-15(29-8-16(30)9-29)7-25-18(17)11(2)27-28-19/h3-7,10,16,30H,8-9,24H2,1-2H3,(H,26,28)/t10-/m1/s1. The van der Waals surface area contributed by atoms with Crippen molar-refractivity contribution in [3.8, 4) is 0 Å². The van der Waals surface area contributed by atoms with Gasteiger partial charge in [0.2, 0.25) is 0 Å². The summed E-state index contributed by atoms with van der Waals surface area (Å²) >= 11 is 0. The van der Waals surface area contributed by atoms with Crippen molar-refractivity contribution in [1.82, 2.24) is 15.2 Å². The van der Waals surface area contributed by atoms with Crippen LogP contribution in [0.25, 0.3) is 10.9 Å². The average molecular weight is 418 g/mol. The fourth-order valence-electron chi connectivity index (χ4n) is 3.47. The van der Waals surface area contributed by atoms with E-state index in [1.54, 1.807) is 20.0 Å². The summed E-state index contributed by atoms with van der Waals surface area (Å²) in [6.45, 7) is 4.56. The van der Waals surface area contributed by atoms with Crippen LogP contribution in [0.4, 0.5) is 30.4 Å². The number of fused-ring (bicyclic) bond motifs is 1. The summed E-state index contributed by atoms with van der Waals surface area (Å²) in [6.07, 6.45) is -3.13. The highest BCUT2D eigenvalue weighted by molar-refractivity contribution is 5.92. The maximum atomic E-state index is 13.1. The van der Waals surface area contributed by atoms with Crippen molar-refractivity contribution in [2.75, 3.05) is 29.0 Å². The number of anilines is 3. The first kappa shape index (κ1) is 20.1. The number of β-amino-alcohol motifs (C(OH)–C–C–N with tert-alkyl or cyclic N) is 1. The minimum Gasteiger partial charge on any atom is -0.399 e. The van der Waals surface area contributed by atoms with Gasteiger partial charge in [0.05, 0.1) is 40.8 Å². The molecule has 10 heteroatoms. The lowest BCUT2D eigenvalue weighted by molar-refractivity contribution is -0.137. The highest BCUT2D eigenvalue weighted by Crippen LogP contribution is 2.34. The van der Waals surface area contributed by atoms with Gasteiger partial charge in [-0.3, -0.25) is 4.98 Å². The first-order valence-electron chi connectivity index (χ1n) is 9.42. The third-order valence-electron chi connectivity index (χ3n) is 5.16. The number of aromatic nitrogens is 3. The van der Waals surface area contributed by atoms with Gasteiger partial charge >= 0.3 is 6.18 Å². The van der Waals surface area contributed by atoms with Crippen molar-refractivity contribution in [1.29, 1.82) is 0 Å². The Morgan fingerprint density at radius 3 is 2.60 bits per heavy atom. The molecule has 0 aliphatic carbocycles. The number of nitrogen functional groups attached to an aromatic ring is 1. The van der Waals surface area contributed by atoms with Crippen molar-refractivity contribution < 1.29 is 18.3 Å². The van der Waals surface area contributed by atoms with Gasteiger partial charge in [-0.1, -0.05) is 0 Å². The zero-order valence-corrected chi connectivity index (χ0v) is 16.4. The number of hydrogen-bond donors (Lipinski definition) is 3. The van der Waals surface area contributed by atoms with Crippen LogP contribution in [0.5, 0.6) is 0 Å². The molecule has 0 radical (unpaired) electrons. The van der Waals surface area contributed by atoms with Crippen LogP contribution in [0.3, 0.4) is 0 Å². The largest absolute Gasteiger partial charge is 0.416 e. The summed E-state index contributed by atoms with van der Waals surface area (Å²) < 4.78 is 39.4. The quantitative estimate of drug-likeness (QED) is 0.559. The summed E-state index contributed by atoms with van der Waals surface area (Å²) in [4.78, 5) is 6.46. The van der Waals surface area contributed by atoms with Gasteiger partial charge in [0, 0.05) is 24.2 Å². The smallest absolute Gasteiger partial charge is 0.399 e. The average Bonchev–Trinajstić information content (AvgIpc) is 2.66. The summed E-state index contributed by atoms with van der Waals surface area (Å²) in [5.74, 6) is 0.412. The molecule has 1 aliphatic heterocycles. The van der Waals surface area contributed by atoms with Crippen LogP contribution in [0, 0.1) is 6.92 Å². The molecule has 158 valence electrons. The summed E-state index contributed by atoms with van der Waals surface area (Å²) in [5.41, 5.74) is 7.43. The Labute approximate surface area is 170 Å². The van der Waals surface area contributed by atoms with Gasteiger partial charge in [-0.2, -0.15) is 18.3 Å². The van der Waals surface area contributed by atoms with Gasteiger partial charge in [0.1, 0.15) is 0 Å². The van der Waals surface area contributed by atoms with Gasteiger partial charge in [-0.15, -0.1) is 5.10 Å². The lowest BCUT2D eigenvalue weighted by atomic mass is 10.0. The van der Waals surface area contributed by atoms with Gasteiger partial charge in [-0.25, -0.2) is 0 Å². The maximum Gasteiger partial charge on any atom is 0.416 e. The van der Waals surface area contributed by atoms with Gasteiger partial charge in [-0.05, 0) is 43.7 Å². The van der Waals surface area contributed by atoms with Crippen molar-refractivity contribution in [3.63, 3.8) is 0 Å². The number of aliphatic hydroxyl groups excluding tert-OH is 1. The lowest BCUT2D eigenvalue weighted by Gasteiger charge is -2.37. The van der Waals surface area contributed by atoms with Crippen LogP contribution in [0.15, 0.2) is 30.5 Å². The number of aliphatic hydroxyl groups is 1. The highest BCUT2D eigenvalue weighted by Gasteiger charge is 2.31. The van der Waals surface area contributed by atoms with Crippen molar-refractivity contribution >= 4 is 28.1 Å². The molecule has 1 atom stereocenters. The maximum absolute atomic E-state index is 13.1. The van der Waals surface area contributed by atoms with Crippen molar-refractivity contribution in [2.24, 2.45) is 0 Å². The fraction of sp³-hybridized carbons (Fsp3) is 0.350. The van der Waals surface area contributed by atoms with E-state index in [0.29, 0.717) is 41.1 Å². The number of nitrogens with one attached hydrogen (secondary N) is 1. The van der Waals surface area contributed by atoms with Crippen LogP contribution in [-0.4, -0.2) is 39.5 Å². The molecule has 0 bridgehead atoms. The van der Waals surface area contributed by atoms with Crippen LogP contribution in [0.1, 0.15) is 29.8 Å². The molecule has 4 N–H and O–H groups in total. The molecule has 1 saturated heterocycles. The molecule has 0 saturated carbocycles. The van der Waals surface area contributed by atoms with Crippen LogP contribution >= 0.6 is 0 Å². The Kier molecular flexibility index (Phi) is 4.89. The predicted molar refractivity (Wildman–Crippen MR) is 108 cm³/mol. The molecular formula is C20H21F3N6O. The number of aryl methyl sites for hydroxylation is 1. The van der Waals surface area contributed by atoms with Gasteiger partial charge < -0.3 is 21.1 Å². The molecule has 4 rings (SSSR count). The van der Waals surface area contributed by atoms with Crippen LogP contribution in [0.2, 0.25) is 0 Å². The van der Waals surface area contributed by atoms with E-state index >= 15 is 0 Å². The Hall–Kier alpha value is -3.14. The molecule has 0 unspecified atom stereocenters. The topological polar surface area (TPSA) is 100 Å². The lowest BCUT2D eigenvalue weighted by Crippen LogP contribution is -2.50. The second-order valence-electron chi connectivity index (χ2n) is 7.53. The number of pyridine rings is 1. The molecule has 30 heavy (non-hydrogen) atoms. The zero-order chi connectivity index (χ0) is 21.6. The van der Waals surface area contributed by atoms with E-state index in [1.165, 1.54) is 6.07 Å². The molecule has 2 aromatic heterocycles. The van der Waals surface area contributed by atoms with E-state index in [9.17, 15) is 18.3 Å². The van der Waals surface area contributed by atoms with Crippen LogP contribution in [-0.2, 0) is 6.18 Å². The molecule has 7 nitrogen and oxygen atoms in total. The van der Waals surface area contributed by atoms with E-state index in [4.69, 9.17) is 5.73 Å². The monoisotopic (exact) mass is 418 g/mol. The first-order chi connectivity index (χ1) is 14.1. The third-order valence-corrected chi connectivity index (χ3v) is 5.16. The Morgan fingerprint density at radius 2 is 1.93 bits per heavy atom. The summed E-state index contributed by atoms with van der Waals surface area (Å²) in [7, 11) is 0. The number of alkyl halides is 3. The summed E-state index contributed by atoms with van der Waals surface area (Å²) in [5, 5.41) is 21.7. The Bertz CT molecular complexity index is 1100. The van der Waals surface area contributed by atoms with Gasteiger partial charge in [0.25, 0.3) is 0 Å². The zero-order valence-electron chi connectivity index (χ0n) is 16.4. The fourth-order valence-corrected chi connectivity index (χ4v) is 3.47. The normalized spacial score (nSPS) is 15.9. The molecular weight excluding hydrogens is 397 g/mol. The minimum atomic E-state index is -4.49. The Morgan fingerprint density at radius 1 is 1.20 bits per heavy atom. The van der Waals surface area contributed by atoms with Gasteiger partial charge in [0.15, 0.2) is 5.82 Å². The number of hydrogen-bond acceptors (Lipinski definition) is 7. The SMILES string of the molecule is Cc1nnc(N[C@H](C)c2cc(N)cc(C(F)(F)F)c2)c2cc(N3CC(O)C3)cnc12. The molecule has 3 aromatic rings. The molecule has 0 amide bonds. The predicted octanol–water partition coefficient (Wildman–Crippen LogP) is 3.29. The summed E-state index contributed by atoms with van der Waals surface area (Å²) in [6, 6.07) is 4.87. The second-order valence-corrected chi connectivity index (χ2v) is 7.53. The molecule has 1 aliphatic rings. The van der Waals surface area contributed by atoms with E-state index in [0.717, 1.165) is 17.8 Å². The molecule has 0 spiro atoms. The first-order valence-corrected chi connectivity index (χ1v) is 9.42. The van der Waals surface area contributed by atoms with E-state index in [1.807, 2.05) is 11.0 Å². The molecule has 1 aromatic carbocycles. The van der Waals surface area contributed by atoms with E-state index < -0.39 is 17.8 Å². The van der Waals surface area contributed by atoms with E-state index in [-0.39, 0.29) is 11.8 Å². The van der Waals surface area contributed by atoms with E-state index in [2.05, 4.69) is 20.5 Å². The van der Waals surface area contributed by atoms with Crippen LogP contribution < -0.4 is 16.0 Å². The number of rotatable bonds is 4. The molecule has 3 heterocycles. The number of halogens is 3. The molecule has 1 fully saturated rings. The minimum absolute atomic E-state index is 0.0358. The second kappa shape index (κ2) is 7.28. The number of nitrogens with two attached hydrogens (primary N) is 1. The number of benzene rings is 1. The Balaban J connectivity index is 1.69.